The van der Waals surface area contributed by atoms with E-state index in [2.05, 4.69) is 25.1 Å². The Balaban J connectivity index is 1.25. The molecule has 226 valence electrons. The smallest absolute Gasteiger partial charge is 0.375 e. The molecule has 4 aliphatic rings. The average Bonchev–Trinajstić information content (AvgIpc) is 3.74. The van der Waals surface area contributed by atoms with E-state index in [1.807, 2.05) is 36.0 Å². The van der Waals surface area contributed by atoms with Crippen LogP contribution in [-0.4, -0.2) is 57.7 Å². The average molecular weight is 586 g/mol. The van der Waals surface area contributed by atoms with Gasteiger partial charge in [0.2, 0.25) is 5.76 Å². The predicted octanol–water partition coefficient (Wildman–Crippen LogP) is 5.23. The van der Waals surface area contributed by atoms with E-state index in [0.717, 1.165) is 35.7 Å². The number of aliphatic hydroxyl groups excluding tert-OH is 1. The number of aliphatic hydroxyl groups is 1. The third kappa shape index (κ3) is 3.93. The van der Waals surface area contributed by atoms with Gasteiger partial charge in [-0.05, 0) is 97.6 Å². The zero-order chi connectivity index (χ0) is 30.1. The van der Waals surface area contributed by atoms with Crippen LogP contribution >= 0.6 is 0 Å². The number of carbonyl (C=O) groups excluding carboxylic acids is 2. The molecule has 0 radical (unpaired) electrons. The number of furan rings is 1. The van der Waals surface area contributed by atoms with Gasteiger partial charge in [-0.1, -0.05) is 37.6 Å². The Labute approximate surface area is 251 Å². The summed E-state index contributed by atoms with van der Waals surface area (Å²) in [4.78, 5) is 32.7. The molecule has 9 nitrogen and oxygen atoms in total. The fraction of sp³-hybridized carbons (Fsp3) is 0.500. The van der Waals surface area contributed by atoms with Crippen molar-refractivity contribution in [3.63, 3.8) is 0 Å². The summed E-state index contributed by atoms with van der Waals surface area (Å²) in [5.74, 6) is -0.813. The number of ether oxygens (including phenoxy) is 1. The van der Waals surface area contributed by atoms with E-state index in [1.54, 1.807) is 6.07 Å². The van der Waals surface area contributed by atoms with E-state index in [0.29, 0.717) is 19.3 Å². The fourth-order valence-corrected chi connectivity index (χ4v) is 9.45. The molecule has 0 bridgehead atoms. The number of aromatic nitrogens is 2. The van der Waals surface area contributed by atoms with Gasteiger partial charge in [-0.25, -0.2) is 14.5 Å². The van der Waals surface area contributed by atoms with Gasteiger partial charge in [0.25, 0.3) is 5.91 Å². The second-order valence-electron chi connectivity index (χ2n) is 13.3. The Bertz CT molecular complexity index is 1580. The lowest BCUT2D eigenvalue weighted by Gasteiger charge is -2.60. The number of carbonyl (C=O) groups is 2. The summed E-state index contributed by atoms with van der Waals surface area (Å²) in [6.07, 6.45) is 9.00. The molecule has 7 atom stereocenters. The summed E-state index contributed by atoms with van der Waals surface area (Å²) < 4.78 is 13.6. The Morgan fingerprint density at radius 2 is 1.93 bits per heavy atom. The monoisotopic (exact) mass is 585 g/mol. The number of hydroxylamine groups is 2. The molecule has 0 spiro atoms. The number of allylic oxidation sites excluding steroid dienone is 1. The lowest BCUT2D eigenvalue weighted by atomic mass is 9.45. The number of para-hydroxylation sites is 1. The number of nitrogens with zero attached hydrogens (tertiary/aromatic N) is 3. The maximum atomic E-state index is 14.1. The lowest BCUT2D eigenvalue weighted by Crippen LogP contribution is -2.64. The molecule has 9 heteroatoms. The van der Waals surface area contributed by atoms with Crippen molar-refractivity contribution in [2.75, 3.05) is 14.2 Å². The maximum absolute atomic E-state index is 14.1. The lowest BCUT2D eigenvalue weighted by molar-refractivity contribution is -0.213. The van der Waals surface area contributed by atoms with Crippen molar-refractivity contribution >= 4 is 18.0 Å². The number of benzene rings is 1. The quantitative estimate of drug-likeness (QED) is 0.323. The molecule has 0 aliphatic heterocycles. The highest BCUT2D eigenvalue weighted by Crippen LogP contribution is 2.68. The van der Waals surface area contributed by atoms with Gasteiger partial charge in [0.15, 0.2) is 5.60 Å². The Morgan fingerprint density at radius 1 is 1.14 bits per heavy atom. The third-order valence-corrected chi connectivity index (χ3v) is 11.4. The van der Waals surface area contributed by atoms with Crippen LogP contribution in [0.4, 0.5) is 0 Å². The molecule has 2 aromatic heterocycles. The largest absolute Gasteiger partial charge is 0.457 e. The molecule has 7 unspecified atom stereocenters. The van der Waals surface area contributed by atoms with Crippen molar-refractivity contribution in [1.82, 2.24) is 14.8 Å². The summed E-state index contributed by atoms with van der Waals surface area (Å²) in [7, 11) is 2.96. The zero-order valence-corrected chi connectivity index (χ0v) is 25.2. The van der Waals surface area contributed by atoms with Crippen molar-refractivity contribution in [2.24, 2.45) is 28.6 Å². The number of esters is 1. The summed E-state index contributed by atoms with van der Waals surface area (Å²) in [6.45, 7) is 4.32. The first-order valence-corrected chi connectivity index (χ1v) is 15.2. The van der Waals surface area contributed by atoms with E-state index in [9.17, 15) is 14.7 Å². The van der Waals surface area contributed by atoms with E-state index in [1.165, 1.54) is 37.6 Å². The molecule has 1 N–H and O–H groups in total. The van der Waals surface area contributed by atoms with E-state index in [4.69, 9.17) is 19.1 Å². The SMILES string of the molecule is CON(C)C(=O)C1(OC(=O)c2ccco2)CCC2C3CCC4=Cc5c(cnn5-c5ccccc5)CC4(C)C3C(O)CC21C. The highest BCUT2D eigenvalue weighted by Gasteiger charge is 2.71. The van der Waals surface area contributed by atoms with Crippen molar-refractivity contribution in [1.29, 1.82) is 0 Å². The number of likely N-dealkylation sites (N-methyl/N-ethyl adjacent to an activating group) is 1. The molecule has 3 aromatic rings. The van der Waals surface area contributed by atoms with Gasteiger partial charge in [-0.15, -0.1) is 0 Å². The minimum atomic E-state index is -1.49. The van der Waals surface area contributed by atoms with Crippen LogP contribution in [0.15, 0.2) is 64.9 Å². The van der Waals surface area contributed by atoms with Crippen LogP contribution in [0.3, 0.4) is 0 Å². The number of hydrogen-bond acceptors (Lipinski definition) is 7. The second-order valence-corrected chi connectivity index (χ2v) is 13.3. The normalized spacial score (nSPS) is 34.3. The first-order valence-electron chi connectivity index (χ1n) is 15.2. The van der Waals surface area contributed by atoms with E-state index < -0.39 is 29.0 Å². The molecule has 1 amide bonds. The maximum Gasteiger partial charge on any atom is 0.375 e. The van der Waals surface area contributed by atoms with Crippen LogP contribution in [0.5, 0.6) is 0 Å². The van der Waals surface area contributed by atoms with Crippen LogP contribution in [-0.2, 0) is 20.8 Å². The van der Waals surface area contributed by atoms with Gasteiger partial charge < -0.3 is 14.3 Å². The Hall–Kier alpha value is -3.69. The first-order chi connectivity index (χ1) is 20.6. The predicted molar refractivity (Wildman–Crippen MR) is 158 cm³/mol. The van der Waals surface area contributed by atoms with Gasteiger partial charge >= 0.3 is 5.97 Å². The van der Waals surface area contributed by atoms with Crippen LogP contribution in [0.2, 0.25) is 0 Å². The van der Waals surface area contributed by atoms with Gasteiger partial charge in [0.1, 0.15) is 0 Å². The summed E-state index contributed by atoms with van der Waals surface area (Å²) in [6, 6.07) is 13.3. The summed E-state index contributed by atoms with van der Waals surface area (Å²) in [5.41, 5.74) is 2.14. The molecule has 7 rings (SSSR count). The van der Waals surface area contributed by atoms with Gasteiger partial charge in [-0.3, -0.25) is 9.63 Å². The van der Waals surface area contributed by atoms with Crippen molar-refractivity contribution in [2.45, 2.75) is 64.1 Å². The molecule has 43 heavy (non-hydrogen) atoms. The van der Waals surface area contributed by atoms with Crippen molar-refractivity contribution < 1.29 is 28.7 Å². The topological polar surface area (TPSA) is 107 Å². The molecule has 3 saturated carbocycles. The van der Waals surface area contributed by atoms with Crippen LogP contribution in [0, 0.1) is 28.6 Å². The zero-order valence-electron chi connectivity index (χ0n) is 25.2. The number of fused-ring (bicyclic) bond motifs is 6. The first kappa shape index (κ1) is 28.1. The molecular weight excluding hydrogens is 546 g/mol. The van der Waals surface area contributed by atoms with Crippen LogP contribution in [0.1, 0.15) is 67.8 Å². The van der Waals surface area contributed by atoms with Gasteiger partial charge in [0, 0.05) is 12.5 Å². The van der Waals surface area contributed by atoms with E-state index in [-0.39, 0.29) is 28.9 Å². The Morgan fingerprint density at radius 3 is 2.65 bits per heavy atom. The highest BCUT2D eigenvalue weighted by molar-refractivity contribution is 5.93. The van der Waals surface area contributed by atoms with Crippen molar-refractivity contribution in [3.8, 4) is 5.69 Å². The summed E-state index contributed by atoms with van der Waals surface area (Å²) >= 11 is 0. The van der Waals surface area contributed by atoms with E-state index >= 15 is 0 Å². The Kier molecular flexibility index (Phi) is 6.48. The number of hydrogen-bond donors (Lipinski definition) is 1. The number of rotatable bonds is 5. The van der Waals surface area contributed by atoms with Crippen molar-refractivity contribution in [3.05, 3.63) is 77.5 Å². The molecular formula is C34H39N3O6. The molecule has 1 aromatic carbocycles. The minimum Gasteiger partial charge on any atom is -0.457 e. The molecule has 2 heterocycles. The third-order valence-electron chi connectivity index (χ3n) is 11.4. The van der Waals surface area contributed by atoms with Gasteiger partial charge in [-0.2, -0.15) is 5.10 Å². The van der Waals surface area contributed by atoms with Crippen LogP contribution in [0.25, 0.3) is 11.8 Å². The second kappa shape index (κ2) is 9.92. The fourth-order valence-electron chi connectivity index (χ4n) is 9.45. The molecule has 0 saturated heterocycles. The standard InChI is InChI=1S/C34H39N3O6/c1-32-18-21-20-35-37(23-9-6-5-7-10-23)26(21)17-22(32)12-13-24-25-14-15-34(31(40)36(3)41-4,33(25,2)19-27(38)29(24)32)43-30(39)28-11-8-16-42-28/h5-11,16-17,20,24-25,27,29,38H,12-15,18-19H2,1-4H3. The summed E-state index contributed by atoms with van der Waals surface area (Å²) in [5, 5.41) is 18.0. The van der Waals surface area contributed by atoms with Crippen LogP contribution < -0.4 is 0 Å². The molecule has 4 aliphatic carbocycles. The number of amides is 1. The van der Waals surface area contributed by atoms with Gasteiger partial charge in [0.05, 0.1) is 37.1 Å². The highest BCUT2D eigenvalue weighted by atomic mass is 16.7. The molecule has 3 fully saturated rings. The minimum absolute atomic E-state index is 0.00522.